The van der Waals surface area contributed by atoms with Gasteiger partial charge < -0.3 is 15.2 Å². The van der Waals surface area contributed by atoms with Gasteiger partial charge in [0.05, 0.1) is 11.7 Å². The van der Waals surface area contributed by atoms with E-state index in [1.54, 1.807) is 0 Å². The Balaban J connectivity index is 1.53. The summed E-state index contributed by atoms with van der Waals surface area (Å²) >= 11 is 0. The largest absolute Gasteiger partial charge is 0.396 e. The molecule has 2 unspecified atom stereocenters. The lowest BCUT2D eigenvalue weighted by Crippen LogP contribution is -2.31. The van der Waals surface area contributed by atoms with Crippen molar-refractivity contribution in [3.63, 3.8) is 0 Å². The number of aliphatic hydroxyl groups is 1. The van der Waals surface area contributed by atoms with Crippen LogP contribution in [0.25, 0.3) is 0 Å². The van der Waals surface area contributed by atoms with Gasteiger partial charge in [-0.25, -0.2) is 0 Å². The third-order valence-corrected chi connectivity index (χ3v) is 4.59. The zero-order valence-corrected chi connectivity index (χ0v) is 11.8. The van der Waals surface area contributed by atoms with Gasteiger partial charge in [-0.2, -0.15) is 0 Å². The van der Waals surface area contributed by atoms with Crippen molar-refractivity contribution in [1.29, 1.82) is 0 Å². The highest BCUT2D eigenvalue weighted by Crippen LogP contribution is 2.43. The molecule has 1 saturated carbocycles. The first-order valence-electron chi connectivity index (χ1n) is 7.73. The molecular weight excluding hydrogens is 226 g/mol. The van der Waals surface area contributed by atoms with Crippen molar-refractivity contribution in [3.05, 3.63) is 0 Å². The van der Waals surface area contributed by atoms with Gasteiger partial charge in [-0.1, -0.05) is 19.8 Å². The minimum atomic E-state index is 0.276. The van der Waals surface area contributed by atoms with E-state index in [4.69, 9.17) is 9.84 Å². The molecule has 0 aromatic heterocycles. The first-order chi connectivity index (χ1) is 8.74. The Kier molecular flexibility index (Phi) is 5.46. The highest BCUT2D eigenvalue weighted by Gasteiger charge is 2.41. The molecule has 106 valence electrons. The summed E-state index contributed by atoms with van der Waals surface area (Å²) in [6, 6.07) is 0. The molecule has 2 aliphatic rings. The molecule has 3 heteroatoms. The lowest BCUT2D eigenvalue weighted by Gasteiger charge is -2.24. The third-order valence-electron chi connectivity index (χ3n) is 4.59. The van der Waals surface area contributed by atoms with Crippen LogP contribution in [0.15, 0.2) is 0 Å². The number of ether oxygens (including phenoxy) is 1. The van der Waals surface area contributed by atoms with E-state index >= 15 is 0 Å². The third kappa shape index (κ3) is 3.94. The second kappa shape index (κ2) is 6.88. The Hall–Kier alpha value is -0.120. The van der Waals surface area contributed by atoms with Crippen LogP contribution in [-0.2, 0) is 4.74 Å². The maximum atomic E-state index is 8.94. The number of hydrogen-bond acceptors (Lipinski definition) is 3. The molecule has 2 fully saturated rings. The fraction of sp³-hybridized carbons (Fsp3) is 1.00. The van der Waals surface area contributed by atoms with E-state index in [-0.39, 0.29) is 5.60 Å². The summed E-state index contributed by atoms with van der Waals surface area (Å²) in [5.74, 6) is 0.441. The Morgan fingerprint density at radius 3 is 2.83 bits per heavy atom. The number of nitrogens with one attached hydrogen (secondary N) is 1. The quantitative estimate of drug-likeness (QED) is 0.687. The van der Waals surface area contributed by atoms with Gasteiger partial charge in [0.15, 0.2) is 0 Å². The van der Waals surface area contributed by atoms with Crippen LogP contribution in [-0.4, -0.2) is 36.5 Å². The zero-order valence-electron chi connectivity index (χ0n) is 11.8. The van der Waals surface area contributed by atoms with Crippen LogP contribution >= 0.6 is 0 Å². The van der Waals surface area contributed by atoms with Crippen molar-refractivity contribution < 1.29 is 9.84 Å². The number of rotatable bonds is 7. The highest BCUT2D eigenvalue weighted by molar-refractivity contribution is 4.93. The average molecular weight is 255 g/mol. The fourth-order valence-corrected chi connectivity index (χ4v) is 3.36. The predicted molar refractivity (Wildman–Crippen MR) is 73.7 cm³/mol. The monoisotopic (exact) mass is 255 g/mol. The summed E-state index contributed by atoms with van der Waals surface area (Å²) in [6.45, 7) is 4.48. The molecule has 0 bridgehead atoms. The summed E-state index contributed by atoms with van der Waals surface area (Å²) in [7, 11) is 0. The van der Waals surface area contributed by atoms with E-state index in [0.29, 0.717) is 18.6 Å². The van der Waals surface area contributed by atoms with Gasteiger partial charge in [-0.15, -0.1) is 0 Å². The Bertz CT molecular complexity index is 239. The molecule has 0 radical (unpaired) electrons. The molecule has 1 aliphatic carbocycles. The molecule has 1 heterocycles. The second-order valence-corrected chi connectivity index (χ2v) is 6.30. The lowest BCUT2D eigenvalue weighted by atomic mass is 9.98. The second-order valence-electron chi connectivity index (χ2n) is 6.30. The van der Waals surface area contributed by atoms with Crippen molar-refractivity contribution in [3.8, 4) is 0 Å². The maximum absolute atomic E-state index is 8.94. The molecule has 2 atom stereocenters. The molecule has 0 aromatic carbocycles. The first kappa shape index (κ1) is 14.3. The zero-order chi connectivity index (χ0) is 12.8. The summed E-state index contributed by atoms with van der Waals surface area (Å²) in [4.78, 5) is 0. The van der Waals surface area contributed by atoms with E-state index in [0.717, 1.165) is 25.9 Å². The van der Waals surface area contributed by atoms with Crippen molar-refractivity contribution in [2.75, 3.05) is 19.7 Å². The topological polar surface area (TPSA) is 41.5 Å². The smallest absolute Gasteiger partial charge is 0.0708 e. The molecular formula is C15H29NO2. The Morgan fingerprint density at radius 2 is 2.11 bits per heavy atom. The van der Waals surface area contributed by atoms with Gasteiger partial charge in [0, 0.05) is 13.2 Å². The van der Waals surface area contributed by atoms with Gasteiger partial charge in [0.25, 0.3) is 0 Å². The summed E-state index contributed by atoms with van der Waals surface area (Å²) in [5.41, 5.74) is 0.276. The summed E-state index contributed by atoms with van der Waals surface area (Å²) in [6.07, 6.45) is 10.5. The molecule has 3 nitrogen and oxygen atoms in total. The van der Waals surface area contributed by atoms with Gasteiger partial charge in [0.2, 0.25) is 0 Å². The minimum absolute atomic E-state index is 0.276. The van der Waals surface area contributed by atoms with Gasteiger partial charge in [0.1, 0.15) is 0 Å². The summed E-state index contributed by atoms with van der Waals surface area (Å²) in [5, 5.41) is 12.4. The molecule has 2 rings (SSSR count). The van der Waals surface area contributed by atoms with E-state index in [1.807, 2.05) is 0 Å². The number of aliphatic hydroxyl groups excluding tert-OH is 1. The molecule has 2 N–H and O–H groups in total. The Morgan fingerprint density at radius 1 is 1.33 bits per heavy atom. The Labute approximate surface area is 111 Å². The van der Waals surface area contributed by atoms with Crippen LogP contribution in [0.5, 0.6) is 0 Å². The van der Waals surface area contributed by atoms with Crippen molar-refractivity contribution in [1.82, 2.24) is 5.32 Å². The molecule has 18 heavy (non-hydrogen) atoms. The van der Waals surface area contributed by atoms with Gasteiger partial charge >= 0.3 is 0 Å². The molecule has 0 aromatic rings. The average Bonchev–Trinajstić information content (AvgIpc) is 3.00. The van der Waals surface area contributed by atoms with E-state index in [9.17, 15) is 0 Å². The summed E-state index contributed by atoms with van der Waals surface area (Å²) < 4.78 is 6.26. The molecule has 1 spiro atoms. The van der Waals surface area contributed by atoms with E-state index < -0.39 is 0 Å². The number of hydrogen-bond donors (Lipinski definition) is 2. The van der Waals surface area contributed by atoms with Gasteiger partial charge in [-0.05, 0) is 51.0 Å². The standard InChI is InChI=1S/C15H29NO2/c1-13(12-17)5-4-10-16-11-14-6-9-15(18-14)7-2-3-8-15/h13-14,16-17H,2-12H2,1H3. The van der Waals surface area contributed by atoms with Crippen LogP contribution in [0.3, 0.4) is 0 Å². The van der Waals surface area contributed by atoms with Crippen LogP contribution < -0.4 is 5.32 Å². The van der Waals surface area contributed by atoms with Crippen LogP contribution in [0.1, 0.15) is 58.3 Å². The van der Waals surface area contributed by atoms with Crippen LogP contribution in [0.4, 0.5) is 0 Å². The highest BCUT2D eigenvalue weighted by atomic mass is 16.5. The molecule has 1 aliphatic heterocycles. The van der Waals surface area contributed by atoms with Gasteiger partial charge in [-0.3, -0.25) is 0 Å². The molecule has 1 saturated heterocycles. The first-order valence-corrected chi connectivity index (χ1v) is 7.73. The van der Waals surface area contributed by atoms with E-state index in [2.05, 4.69) is 12.2 Å². The van der Waals surface area contributed by atoms with E-state index in [1.165, 1.54) is 38.5 Å². The fourth-order valence-electron chi connectivity index (χ4n) is 3.36. The van der Waals surface area contributed by atoms with Crippen molar-refractivity contribution in [2.24, 2.45) is 5.92 Å². The SMILES string of the molecule is CC(CO)CCCNCC1CCC2(CCCC2)O1. The lowest BCUT2D eigenvalue weighted by molar-refractivity contribution is -0.0350. The van der Waals surface area contributed by atoms with Crippen molar-refractivity contribution >= 4 is 0 Å². The normalized spacial score (nSPS) is 28.0. The van der Waals surface area contributed by atoms with Crippen LogP contribution in [0.2, 0.25) is 0 Å². The maximum Gasteiger partial charge on any atom is 0.0708 e. The van der Waals surface area contributed by atoms with Crippen LogP contribution in [0, 0.1) is 5.92 Å². The molecule has 0 amide bonds. The van der Waals surface area contributed by atoms with Crippen molar-refractivity contribution in [2.45, 2.75) is 70.0 Å². The predicted octanol–water partition coefficient (Wildman–Crippen LogP) is 2.48. The minimum Gasteiger partial charge on any atom is -0.396 e.